The number of ether oxygens (including phenoxy) is 4. The van der Waals surface area contributed by atoms with Crippen LogP contribution >= 0.6 is 0 Å². The molecular formula is C34H66O12S. The van der Waals surface area contributed by atoms with Crippen molar-refractivity contribution in [3.63, 3.8) is 0 Å². The molecule has 1 fully saturated rings. The van der Waals surface area contributed by atoms with Gasteiger partial charge in [0.1, 0.15) is 30.5 Å². The summed E-state index contributed by atoms with van der Waals surface area (Å²) in [6.45, 7) is 3.94. The first-order valence-electron chi connectivity index (χ1n) is 18.3. The predicted octanol–water partition coefficient (Wildman–Crippen LogP) is 5.79. The molecular weight excluding hydrogens is 632 g/mol. The summed E-state index contributed by atoms with van der Waals surface area (Å²) in [5.41, 5.74) is 0. The summed E-state index contributed by atoms with van der Waals surface area (Å²) in [6, 6.07) is 0. The summed E-state index contributed by atoms with van der Waals surface area (Å²) in [7, 11) is -5.05. The summed E-state index contributed by atoms with van der Waals surface area (Å²) >= 11 is 0. The Morgan fingerprint density at radius 1 is 0.723 bits per heavy atom. The third-order valence-corrected chi connectivity index (χ3v) is 8.94. The number of aliphatic hydroxyl groups excluding tert-OH is 3. The highest BCUT2D eigenvalue weighted by molar-refractivity contribution is 7.80. The van der Waals surface area contributed by atoms with Crippen molar-refractivity contribution in [2.45, 2.75) is 185 Å². The maximum Gasteiger partial charge on any atom is 0.397 e. The van der Waals surface area contributed by atoms with E-state index in [0.29, 0.717) is 13.0 Å². The lowest BCUT2D eigenvalue weighted by molar-refractivity contribution is -0.301. The van der Waals surface area contributed by atoms with Crippen LogP contribution < -0.4 is 0 Å². The van der Waals surface area contributed by atoms with Crippen molar-refractivity contribution in [3.05, 3.63) is 0 Å². The van der Waals surface area contributed by atoms with Gasteiger partial charge in [0.2, 0.25) is 0 Å². The zero-order valence-electron chi connectivity index (χ0n) is 29.1. The highest BCUT2D eigenvalue weighted by Gasteiger charge is 2.48. The van der Waals surface area contributed by atoms with Gasteiger partial charge in [0, 0.05) is 13.0 Å². The van der Waals surface area contributed by atoms with Gasteiger partial charge in [-0.3, -0.25) is 9.35 Å². The molecule has 12 nitrogen and oxygen atoms in total. The van der Waals surface area contributed by atoms with Crippen LogP contribution in [0.2, 0.25) is 0 Å². The molecule has 1 rings (SSSR count). The van der Waals surface area contributed by atoms with E-state index in [-0.39, 0.29) is 19.6 Å². The maximum atomic E-state index is 12.6. The van der Waals surface area contributed by atoms with Crippen molar-refractivity contribution in [2.75, 3.05) is 26.4 Å². The van der Waals surface area contributed by atoms with E-state index in [2.05, 4.69) is 18.0 Å². The molecule has 1 saturated heterocycles. The highest BCUT2D eigenvalue weighted by atomic mass is 32.3. The minimum Gasteiger partial charge on any atom is -0.457 e. The molecule has 47 heavy (non-hydrogen) atoms. The van der Waals surface area contributed by atoms with Crippen LogP contribution in [-0.2, 0) is 38.3 Å². The molecule has 0 amide bonds. The number of rotatable bonds is 31. The van der Waals surface area contributed by atoms with Gasteiger partial charge in [0.25, 0.3) is 0 Å². The van der Waals surface area contributed by atoms with Crippen molar-refractivity contribution in [3.8, 4) is 0 Å². The van der Waals surface area contributed by atoms with Gasteiger partial charge >= 0.3 is 16.4 Å². The number of aliphatic hydroxyl groups is 3. The fourth-order valence-electron chi connectivity index (χ4n) is 5.67. The maximum absolute atomic E-state index is 12.6. The topological polar surface area (TPSA) is 178 Å². The minimum absolute atomic E-state index is 0.0427. The second-order valence-corrected chi connectivity index (χ2v) is 13.9. The average molecular weight is 699 g/mol. The molecule has 0 spiro atoms. The molecule has 13 heteroatoms. The van der Waals surface area contributed by atoms with E-state index in [1.807, 2.05) is 0 Å². The van der Waals surface area contributed by atoms with Gasteiger partial charge in [0.05, 0.1) is 19.8 Å². The molecule has 280 valence electrons. The van der Waals surface area contributed by atoms with Gasteiger partial charge in [-0.1, -0.05) is 129 Å². The van der Waals surface area contributed by atoms with E-state index in [4.69, 9.17) is 23.5 Å². The number of unbranched alkanes of at least 4 members (excludes halogenated alkanes) is 18. The van der Waals surface area contributed by atoms with E-state index in [1.165, 1.54) is 83.5 Å². The van der Waals surface area contributed by atoms with Gasteiger partial charge in [-0.25, -0.2) is 4.18 Å². The first kappa shape index (κ1) is 44.1. The van der Waals surface area contributed by atoms with Crippen molar-refractivity contribution < 1.29 is 56.2 Å². The highest BCUT2D eigenvalue weighted by Crippen LogP contribution is 2.26. The Bertz CT molecular complexity index is 858. The van der Waals surface area contributed by atoms with Gasteiger partial charge in [0.15, 0.2) is 6.29 Å². The third-order valence-electron chi connectivity index (χ3n) is 8.48. The predicted molar refractivity (Wildman–Crippen MR) is 179 cm³/mol. The third kappa shape index (κ3) is 22.4. The first-order chi connectivity index (χ1) is 22.6. The summed E-state index contributed by atoms with van der Waals surface area (Å²) < 4.78 is 58.6. The zero-order valence-corrected chi connectivity index (χ0v) is 29.9. The summed E-state index contributed by atoms with van der Waals surface area (Å²) in [6.07, 6.45) is 14.5. The molecule has 0 aromatic carbocycles. The number of carbonyl (C=O) groups is 1. The largest absolute Gasteiger partial charge is 0.457 e. The SMILES string of the molecule is CCCCCCCCCCCCCCOCC(COC1OC(CO)C(O)C(OS(=O)(=O)O)C1O)OC(=O)CCCCCCCCCC. The van der Waals surface area contributed by atoms with Gasteiger partial charge < -0.3 is 34.3 Å². The molecule has 0 aliphatic carbocycles. The fraction of sp³-hybridized carbons (Fsp3) is 0.971. The minimum atomic E-state index is -5.05. The molecule has 0 aromatic rings. The lowest BCUT2D eigenvalue weighted by atomic mass is 9.99. The molecule has 1 aliphatic heterocycles. The van der Waals surface area contributed by atoms with Gasteiger partial charge in [-0.05, 0) is 12.8 Å². The monoisotopic (exact) mass is 698 g/mol. The number of hydrogen-bond donors (Lipinski definition) is 4. The Balaban J connectivity index is 2.52. The van der Waals surface area contributed by atoms with Crippen molar-refractivity contribution in [1.29, 1.82) is 0 Å². The normalized spacial score (nSPS) is 22.4. The number of esters is 1. The molecule has 6 unspecified atom stereocenters. The van der Waals surface area contributed by atoms with E-state index < -0.39 is 59.8 Å². The summed E-state index contributed by atoms with van der Waals surface area (Å²) in [5.74, 6) is -0.403. The number of carbonyl (C=O) groups excluding carboxylic acids is 1. The lowest BCUT2D eigenvalue weighted by Crippen LogP contribution is -2.60. The van der Waals surface area contributed by atoms with E-state index in [9.17, 15) is 28.5 Å². The van der Waals surface area contributed by atoms with Crippen LogP contribution in [0.25, 0.3) is 0 Å². The Labute approximate surface area is 284 Å². The molecule has 1 heterocycles. The zero-order chi connectivity index (χ0) is 34.8. The Morgan fingerprint density at radius 2 is 1.21 bits per heavy atom. The second-order valence-electron chi connectivity index (χ2n) is 12.8. The quantitative estimate of drug-likeness (QED) is 0.0390. The molecule has 0 saturated carbocycles. The van der Waals surface area contributed by atoms with Crippen LogP contribution in [0.1, 0.15) is 149 Å². The van der Waals surface area contributed by atoms with Crippen molar-refractivity contribution in [2.24, 2.45) is 0 Å². The van der Waals surface area contributed by atoms with Crippen molar-refractivity contribution in [1.82, 2.24) is 0 Å². The van der Waals surface area contributed by atoms with Crippen LogP contribution in [-0.4, -0.2) is 97.5 Å². The van der Waals surface area contributed by atoms with E-state index >= 15 is 0 Å². The van der Waals surface area contributed by atoms with Crippen LogP contribution in [0.5, 0.6) is 0 Å². The standard InChI is InChI=1S/C34H66O12S/c1-3-5-7-9-11-13-14-15-16-18-20-22-24-42-26-28(44-30(36)23-21-19-17-12-10-8-6-4-2)27-43-34-32(38)33(46-47(39,40)41)31(37)29(25-35)45-34/h28-29,31-35,37-38H,3-27H2,1-2H3,(H,39,40,41). The Hall–Kier alpha value is -0.900. The first-order valence-corrected chi connectivity index (χ1v) is 19.7. The average Bonchev–Trinajstić information content (AvgIpc) is 3.03. The molecule has 0 bridgehead atoms. The number of hydrogen-bond acceptors (Lipinski definition) is 11. The second kappa shape index (κ2) is 27.9. The fourth-order valence-corrected chi connectivity index (χ4v) is 6.18. The van der Waals surface area contributed by atoms with E-state index in [0.717, 1.165) is 38.5 Å². The molecule has 0 radical (unpaired) electrons. The molecule has 1 aliphatic rings. The van der Waals surface area contributed by atoms with E-state index in [1.54, 1.807) is 0 Å². The Morgan fingerprint density at radius 3 is 1.70 bits per heavy atom. The van der Waals surface area contributed by atoms with Crippen LogP contribution in [0, 0.1) is 0 Å². The van der Waals surface area contributed by atoms with Crippen LogP contribution in [0.4, 0.5) is 0 Å². The Kier molecular flexibility index (Phi) is 26.2. The van der Waals surface area contributed by atoms with Crippen LogP contribution in [0.15, 0.2) is 0 Å². The smallest absolute Gasteiger partial charge is 0.397 e. The molecule has 6 atom stereocenters. The molecule has 0 aromatic heterocycles. The van der Waals surface area contributed by atoms with Crippen LogP contribution in [0.3, 0.4) is 0 Å². The van der Waals surface area contributed by atoms with Gasteiger partial charge in [-0.15, -0.1) is 0 Å². The summed E-state index contributed by atoms with van der Waals surface area (Å²) in [5, 5.41) is 30.4. The van der Waals surface area contributed by atoms with Crippen molar-refractivity contribution >= 4 is 16.4 Å². The summed E-state index contributed by atoms with van der Waals surface area (Å²) in [4.78, 5) is 12.6. The molecule has 4 N–H and O–H groups in total. The van der Waals surface area contributed by atoms with Gasteiger partial charge in [-0.2, -0.15) is 8.42 Å². The lowest BCUT2D eigenvalue weighted by Gasteiger charge is -2.41.